The molecule has 2 aromatic carbocycles. The van der Waals surface area contributed by atoms with Crippen molar-refractivity contribution in [3.05, 3.63) is 72.0 Å². The van der Waals surface area contributed by atoms with E-state index in [0.29, 0.717) is 11.0 Å². The highest BCUT2D eigenvalue weighted by Gasteiger charge is 2.12. The lowest BCUT2D eigenvalue weighted by molar-refractivity contribution is 0.483. The van der Waals surface area contributed by atoms with Gasteiger partial charge in [0.15, 0.2) is 0 Å². The van der Waals surface area contributed by atoms with Crippen LogP contribution in [0.2, 0.25) is 5.02 Å². The summed E-state index contributed by atoms with van der Waals surface area (Å²) >= 11 is 6.09. The molecule has 2 N–H and O–H groups in total. The van der Waals surface area contributed by atoms with Crippen LogP contribution in [0.25, 0.3) is 22.1 Å². The van der Waals surface area contributed by atoms with Crippen LogP contribution in [0.3, 0.4) is 0 Å². The zero-order valence-electron chi connectivity index (χ0n) is 15.0. The molecule has 6 nitrogen and oxygen atoms in total. The maximum atomic E-state index is 6.09. The third kappa shape index (κ3) is 2.93. The van der Waals surface area contributed by atoms with E-state index in [4.69, 9.17) is 21.3 Å². The number of aromatic nitrogens is 4. The van der Waals surface area contributed by atoms with Gasteiger partial charge in [0.1, 0.15) is 17.1 Å². The van der Waals surface area contributed by atoms with Gasteiger partial charge in [-0.05, 0) is 30.3 Å². The molecule has 3 aromatic heterocycles. The number of fused-ring (bicyclic) bond motifs is 2. The summed E-state index contributed by atoms with van der Waals surface area (Å²) in [5.41, 5.74) is 3.47. The number of aryl methyl sites for hydroxylation is 1. The predicted octanol–water partition coefficient (Wildman–Crippen LogP) is 5.64. The zero-order valence-corrected chi connectivity index (χ0v) is 15.7. The summed E-state index contributed by atoms with van der Waals surface area (Å²) in [7, 11) is 1.96. The Morgan fingerprint density at radius 2 is 1.93 bits per heavy atom. The molecule has 138 valence electrons. The highest BCUT2D eigenvalue weighted by Crippen LogP contribution is 2.30. The first-order chi connectivity index (χ1) is 13.7. The van der Waals surface area contributed by atoms with Crippen molar-refractivity contribution in [3.8, 4) is 11.5 Å². The van der Waals surface area contributed by atoms with Crippen LogP contribution < -0.4 is 10.1 Å². The Kier molecular flexibility index (Phi) is 3.91. The van der Waals surface area contributed by atoms with E-state index in [2.05, 4.69) is 15.3 Å². The first-order valence-corrected chi connectivity index (χ1v) is 9.14. The highest BCUT2D eigenvalue weighted by molar-refractivity contribution is 6.31. The minimum absolute atomic E-state index is 0.586. The largest absolute Gasteiger partial charge is 0.457 e. The molecule has 3 heterocycles. The normalized spacial score (nSPS) is 11.2. The van der Waals surface area contributed by atoms with Crippen molar-refractivity contribution in [3.63, 3.8) is 0 Å². The summed E-state index contributed by atoms with van der Waals surface area (Å²) < 4.78 is 7.93. The number of para-hydroxylation sites is 1. The fraction of sp³-hybridized carbons (Fsp3) is 0.0476. The Balaban J connectivity index is 1.50. The molecule has 0 aliphatic carbocycles. The summed E-state index contributed by atoms with van der Waals surface area (Å²) in [6, 6.07) is 17.4. The van der Waals surface area contributed by atoms with E-state index < -0.39 is 0 Å². The van der Waals surface area contributed by atoms with Gasteiger partial charge in [-0.25, -0.2) is 9.97 Å². The van der Waals surface area contributed by atoms with Gasteiger partial charge in [-0.3, -0.25) is 0 Å². The molecule has 0 radical (unpaired) electrons. The Morgan fingerprint density at radius 1 is 1.07 bits per heavy atom. The number of halogens is 1. The van der Waals surface area contributed by atoms with Gasteiger partial charge < -0.3 is 19.6 Å². The van der Waals surface area contributed by atoms with Crippen LogP contribution in [0.5, 0.6) is 11.5 Å². The van der Waals surface area contributed by atoms with Crippen LogP contribution in [0, 0.1) is 0 Å². The second-order valence-electron chi connectivity index (χ2n) is 6.44. The van der Waals surface area contributed by atoms with Gasteiger partial charge >= 0.3 is 0 Å². The van der Waals surface area contributed by atoms with Crippen molar-refractivity contribution < 1.29 is 4.74 Å². The maximum Gasteiger partial charge on any atom is 0.208 e. The fourth-order valence-corrected chi connectivity index (χ4v) is 3.33. The standard InChI is InChI=1S/C21H16ClN5O/c1-27-19-10-15(28-14-5-3-2-4-6-14)7-8-17(19)25-21(27)26-18-12-24-20-16(18)9-13(22)11-23-20/h2-12H,1H3,(H,23,24)(H,25,26). The Hall–Kier alpha value is -3.51. The van der Waals surface area contributed by atoms with Crippen LogP contribution in [0.1, 0.15) is 0 Å². The van der Waals surface area contributed by atoms with Gasteiger partial charge in [0.2, 0.25) is 5.95 Å². The number of hydrogen-bond donors (Lipinski definition) is 2. The van der Waals surface area contributed by atoms with Gasteiger partial charge in [0.05, 0.1) is 21.7 Å². The molecule has 0 spiro atoms. The maximum absolute atomic E-state index is 6.09. The number of benzene rings is 2. The van der Waals surface area contributed by atoms with Crippen molar-refractivity contribution in [2.24, 2.45) is 7.05 Å². The van der Waals surface area contributed by atoms with Crippen LogP contribution in [0.15, 0.2) is 67.0 Å². The van der Waals surface area contributed by atoms with Crippen molar-refractivity contribution in [1.29, 1.82) is 0 Å². The molecular formula is C21H16ClN5O. The molecule has 0 atom stereocenters. The van der Waals surface area contributed by atoms with E-state index in [0.717, 1.165) is 39.3 Å². The molecule has 0 bridgehead atoms. The number of imidazole rings is 1. The molecule has 5 aromatic rings. The first-order valence-electron chi connectivity index (χ1n) is 8.76. The topological polar surface area (TPSA) is 67.8 Å². The first kappa shape index (κ1) is 16.6. The van der Waals surface area contributed by atoms with Crippen LogP contribution >= 0.6 is 11.6 Å². The van der Waals surface area contributed by atoms with Crippen LogP contribution in [-0.2, 0) is 7.05 Å². The third-order valence-corrected chi connectivity index (χ3v) is 4.78. The molecule has 0 aliphatic rings. The average molecular weight is 390 g/mol. The minimum Gasteiger partial charge on any atom is -0.457 e. The zero-order chi connectivity index (χ0) is 19.1. The predicted molar refractivity (Wildman–Crippen MR) is 112 cm³/mol. The van der Waals surface area contributed by atoms with Gasteiger partial charge in [-0.2, -0.15) is 0 Å². The second-order valence-corrected chi connectivity index (χ2v) is 6.87. The van der Waals surface area contributed by atoms with Crippen molar-refractivity contribution in [2.75, 3.05) is 5.32 Å². The number of H-pyrrole nitrogens is 1. The minimum atomic E-state index is 0.586. The number of aromatic amines is 1. The van der Waals surface area contributed by atoms with Gasteiger partial charge in [0.25, 0.3) is 0 Å². The number of hydrogen-bond acceptors (Lipinski definition) is 4. The number of anilines is 2. The van der Waals surface area contributed by atoms with E-state index in [1.165, 1.54) is 0 Å². The summed E-state index contributed by atoms with van der Waals surface area (Å²) in [4.78, 5) is 12.1. The third-order valence-electron chi connectivity index (χ3n) is 4.58. The SMILES string of the molecule is Cn1c(Nc2c[nH]c3ncc(Cl)cc23)nc2ccc(Oc3ccccc3)cc21. The summed E-state index contributed by atoms with van der Waals surface area (Å²) in [5.74, 6) is 2.27. The van der Waals surface area contributed by atoms with Gasteiger partial charge in [-0.1, -0.05) is 29.8 Å². The van der Waals surface area contributed by atoms with E-state index in [-0.39, 0.29) is 0 Å². The van der Waals surface area contributed by atoms with E-state index in [1.807, 2.05) is 72.4 Å². The summed E-state index contributed by atoms with van der Waals surface area (Å²) in [6.45, 7) is 0. The second kappa shape index (κ2) is 6.58. The molecule has 0 aliphatic heterocycles. The summed E-state index contributed by atoms with van der Waals surface area (Å²) in [6.07, 6.45) is 3.48. The van der Waals surface area contributed by atoms with Crippen LogP contribution in [0.4, 0.5) is 11.6 Å². The lowest BCUT2D eigenvalue weighted by Crippen LogP contribution is -1.98. The summed E-state index contributed by atoms with van der Waals surface area (Å²) in [5, 5.41) is 4.86. The van der Waals surface area contributed by atoms with Gasteiger partial charge in [-0.15, -0.1) is 0 Å². The Bertz CT molecular complexity index is 1290. The van der Waals surface area contributed by atoms with E-state index in [1.54, 1.807) is 6.20 Å². The Morgan fingerprint density at radius 3 is 2.79 bits per heavy atom. The van der Waals surface area contributed by atoms with Gasteiger partial charge in [0, 0.05) is 30.9 Å². The number of nitrogens with one attached hydrogen (secondary N) is 2. The molecule has 0 amide bonds. The fourth-order valence-electron chi connectivity index (χ4n) is 3.17. The monoisotopic (exact) mass is 389 g/mol. The molecule has 0 saturated carbocycles. The Labute approximate surface area is 165 Å². The molecule has 28 heavy (non-hydrogen) atoms. The molecule has 5 rings (SSSR count). The number of nitrogens with zero attached hydrogens (tertiary/aromatic N) is 3. The van der Waals surface area contributed by atoms with Crippen molar-refractivity contribution in [1.82, 2.24) is 19.5 Å². The smallest absolute Gasteiger partial charge is 0.208 e. The number of ether oxygens (including phenoxy) is 1. The molecular weight excluding hydrogens is 374 g/mol. The number of rotatable bonds is 4. The van der Waals surface area contributed by atoms with Crippen molar-refractivity contribution >= 4 is 45.3 Å². The molecule has 0 saturated heterocycles. The van der Waals surface area contributed by atoms with Crippen molar-refractivity contribution in [2.45, 2.75) is 0 Å². The van der Waals surface area contributed by atoms with Crippen LogP contribution in [-0.4, -0.2) is 19.5 Å². The molecule has 0 fully saturated rings. The molecule has 0 unspecified atom stereocenters. The quantitative estimate of drug-likeness (QED) is 0.417. The highest BCUT2D eigenvalue weighted by atomic mass is 35.5. The molecule has 7 heteroatoms. The van der Waals surface area contributed by atoms with E-state index in [9.17, 15) is 0 Å². The average Bonchev–Trinajstić information content (AvgIpc) is 3.24. The van der Waals surface area contributed by atoms with E-state index >= 15 is 0 Å². The lowest BCUT2D eigenvalue weighted by atomic mass is 10.3. The number of pyridine rings is 1. The lowest BCUT2D eigenvalue weighted by Gasteiger charge is -2.07.